The van der Waals surface area contributed by atoms with Crippen LogP contribution in [0.4, 0.5) is 0 Å². The van der Waals surface area contributed by atoms with Crippen LogP contribution in [0.25, 0.3) is 10.9 Å². The van der Waals surface area contributed by atoms with Gasteiger partial charge >= 0.3 is 0 Å². The Labute approximate surface area is 126 Å². The van der Waals surface area contributed by atoms with Gasteiger partial charge in [-0.25, -0.2) is 0 Å². The summed E-state index contributed by atoms with van der Waals surface area (Å²) in [4.78, 5) is 0. The zero-order chi connectivity index (χ0) is 14.7. The summed E-state index contributed by atoms with van der Waals surface area (Å²) in [6.45, 7) is 5.39. The molecule has 2 atom stereocenters. The number of aromatic amines is 1. The third-order valence-electron chi connectivity index (χ3n) is 4.46. The fraction of sp³-hybridized carbons (Fsp3) is 0.588. The first-order valence-corrected chi connectivity index (χ1v) is 8.16. The van der Waals surface area contributed by atoms with Crippen molar-refractivity contribution in [2.24, 2.45) is 0 Å². The number of benzene rings is 1. The third kappa shape index (κ3) is 3.05. The molecule has 0 aliphatic heterocycles. The second kappa shape index (κ2) is 6.48. The van der Waals surface area contributed by atoms with E-state index in [0.29, 0.717) is 12.1 Å². The summed E-state index contributed by atoms with van der Waals surface area (Å²) in [5.74, 6) is 1.04. The number of nitrogens with zero attached hydrogens (tertiary/aromatic N) is 1. The van der Waals surface area contributed by atoms with E-state index in [2.05, 4.69) is 41.5 Å². The van der Waals surface area contributed by atoms with Crippen molar-refractivity contribution in [2.45, 2.75) is 58.1 Å². The number of ether oxygens (including phenoxy) is 1. The molecule has 0 amide bonds. The maximum absolute atomic E-state index is 6.35. The Morgan fingerprint density at radius 3 is 3.05 bits per heavy atom. The van der Waals surface area contributed by atoms with Crippen molar-refractivity contribution >= 4 is 10.9 Å². The Bertz CT molecular complexity index is 591. The van der Waals surface area contributed by atoms with Crippen LogP contribution in [0.1, 0.15) is 45.1 Å². The molecule has 1 aliphatic carbocycles. The standard InChI is InChI=1S/C17H25N3O/c1-3-14-15-11-19-20-16(15)8-9-17(14)21-13-7-5-6-12(10-13)18-4-2/h8-9,11-13,18H,3-7,10H2,1-2H3,(H,19,20)/t12-,13-/m0/s1. The van der Waals surface area contributed by atoms with Crippen LogP contribution in [-0.2, 0) is 6.42 Å². The number of aryl methyl sites for hydroxylation is 1. The van der Waals surface area contributed by atoms with Crippen LogP contribution in [0.2, 0.25) is 0 Å². The summed E-state index contributed by atoms with van der Waals surface area (Å²) in [5.41, 5.74) is 2.36. The lowest BCUT2D eigenvalue weighted by Gasteiger charge is -2.30. The van der Waals surface area contributed by atoms with E-state index >= 15 is 0 Å². The van der Waals surface area contributed by atoms with Crippen LogP contribution in [0.5, 0.6) is 5.75 Å². The molecule has 1 aromatic carbocycles. The SMILES string of the molecule is CCN[C@H]1CCC[C@H](Oc2ccc3[nH]ncc3c2CC)C1. The predicted molar refractivity (Wildman–Crippen MR) is 85.8 cm³/mol. The molecule has 0 unspecified atom stereocenters. The molecule has 114 valence electrons. The van der Waals surface area contributed by atoms with Crippen LogP contribution in [0.15, 0.2) is 18.3 Å². The van der Waals surface area contributed by atoms with Crippen LogP contribution in [-0.4, -0.2) is 28.9 Å². The Morgan fingerprint density at radius 2 is 2.24 bits per heavy atom. The quantitative estimate of drug-likeness (QED) is 0.886. The number of aromatic nitrogens is 2. The van der Waals surface area contributed by atoms with Crippen molar-refractivity contribution in [2.75, 3.05) is 6.54 Å². The number of rotatable bonds is 5. The summed E-state index contributed by atoms with van der Waals surface area (Å²) in [5, 5.41) is 11.9. The van der Waals surface area contributed by atoms with Gasteiger partial charge < -0.3 is 10.1 Å². The van der Waals surface area contributed by atoms with E-state index in [1.54, 1.807) is 0 Å². The minimum atomic E-state index is 0.331. The Kier molecular flexibility index (Phi) is 4.44. The molecular formula is C17H25N3O. The molecule has 0 spiro atoms. The van der Waals surface area contributed by atoms with E-state index in [1.807, 2.05) is 6.20 Å². The number of hydrogen-bond donors (Lipinski definition) is 2. The number of H-pyrrole nitrogens is 1. The van der Waals surface area contributed by atoms with E-state index in [4.69, 9.17) is 4.74 Å². The maximum Gasteiger partial charge on any atom is 0.123 e. The monoisotopic (exact) mass is 287 g/mol. The largest absolute Gasteiger partial charge is 0.490 e. The first-order chi connectivity index (χ1) is 10.3. The third-order valence-corrected chi connectivity index (χ3v) is 4.46. The Hall–Kier alpha value is -1.55. The summed E-state index contributed by atoms with van der Waals surface area (Å²) >= 11 is 0. The van der Waals surface area contributed by atoms with Crippen molar-refractivity contribution in [3.63, 3.8) is 0 Å². The number of nitrogens with one attached hydrogen (secondary N) is 2. The van der Waals surface area contributed by atoms with Gasteiger partial charge in [0.15, 0.2) is 0 Å². The highest BCUT2D eigenvalue weighted by atomic mass is 16.5. The van der Waals surface area contributed by atoms with E-state index in [0.717, 1.165) is 37.1 Å². The van der Waals surface area contributed by atoms with Gasteiger partial charge in [-0.2, -0.15) is 5.10 Å². The average Bonchev–Trinajstić information content (AvgIpc) is 2.96. The minimum Gasteiger partial charge on any atom is -0.490 e. The molecule has 1 heterocycles. The normalized spacial score (nSPS) is 22.6. The molecule has 0 saturated heterocycles. The van der Waals surface area contributed by atoms with Gasteiger partial charge in [0.25, 0.3) is 0 Å². The predicted octanol–water partition coefficient (Wildman–Crippen LogP) is 3.42. The molecule has 1 aliphatic rings. The molecule has 4 heteroatoms. The molecular weight excluding hydrogens is 262 g/mol. The van der Waals surface area contributed by atoms with Gasteiger partial charge in [-0.1, -0.05) is 13.8 Å². The fourth-order valence-corrected chi connectivity index (χ4v) is 3.44. The van der Waals surface area contributed by atoms with E-state index in [-0.39, 0.29) is 0 Å². The molecule has 0 radical (unpaired) electrons. The topological polar surface area (TPSA) is 49.9 Å². The van der Waals surface area contributed by atoms with Crippen molar-refractivity contribution in [3.05, 3.63) is 23.9 Å². The highest BCUT2D eigenvalue weighted by Crippen LogP contribution is 2.31. The van der Waals surface area contributed by atoms with E-state index in [9.17, 15) is 0 Å². The lowest BCUT2D eigenvalue weighted by molar-refractivity contribution is 0.134. The number of fused-ring (bicyclic) bond motifs is 1. The Balaban J connectivity index is 1.77. The van der Waals surface area contributed by atoms with Crippen LogP contribution in [0, 0.1) is 0 Å². The molecule has 2 aromatic rings. The maximum atomic E-state index is 6.35. The van der Waals surface area contributed by atoms with Gasteiger partial charge in [0.1, 0.15) is 11.9 Å². The second-order valence-corrected chi connectivity index (χ2v) is 5.89. The molecule has 1 aromatic heterocycles. The smallest absolute Gasteiger partial charge is 0.123 e. The fourth-order valence-electron chi connectivity index (χ4n) is 3.44. The first-order valence-electron chi connectivity index (χ1n) is 8.16. The molecule has 3 rings (SSSR count). The summed E-state index contributed by atoms with van der Waals surface area (Å²) in [6, 6.07) is 4.77. The van der Waals surface area contributed by atoms with Crippen LogP contribution in [0.3, 0.4) is 0 Å². The first kappa shape index (κ1) is 14.4. The van der Waals surface area contributed by atoms with Gasteiger partial charge in [0.2, 0.25) is 0 Å². The Morgan fingerprint density at radius 1 is 1.33 bits per heavy atom. The lowest BCUT2D eigenvalue weighted by Crippen LogP contribution is -2.38. The van der Waals surface area contributed by atoms with Crippen LogP contribution < -0.4 is 10.1 Å². The van der Waals surface area contributed by atoms with E-state index < -0.39 is 0 Å². The van der Waals surface area contributed by atoms with Crippen molar-refractivity contribution in [3.8, 4) is 5.75 Å². The molecule has 21 heavy (non-hydrogen) atoms. The summed E-state index contributed by atoms with van der Waals surface area (Å²) in [7, 11) is 0. The molecule has 2 N–H and O–H groups in total. The van der Waals surface area contributed by atoms with Gasteiger partial charge in [-0.05, 0) is 50.8 Å². The van der Waals surface area contributed by atoms with Crippen molar-refractivity contribution < 1.29 is 4.74 Å². The highest BCUT2D eigenvalue weighted by molar-refractivity contribution is 5.84. The van der Waals surface area contributed by atoms with Crippen LogP contribution >= 0.6 is 0 Å². The molecule has 0 bridgehead atoms. The highest BCUT2D eigenvalue weighted by Gasteiger charge is 2.23. The minimum absolute atomic E-state index is 0.331. The zero-order valence-electron chi connectivity index (χ0n) is 13.0. The van der Waals surface area contributed by atoms with Gasteiger partial charge in [-0.15, -0.1) is 0 Å². The van der Waals surface area contributed by atoms with Gasteiger partial charge in [-0.3, -0.25) is 5.10 Å². The lowest BCUT2D eigenvalue weighted by atomic mass is 9.92. The zero-order valence-corrected chi connectivity index (χ0v) is 13.0. The van der Waals surface area contributed by atoms with Gasteiger partial charge in [0, 0.05) is 17.0 Å². The number of hydrogen-bond acceptors (Lipinski definition) is 3. The van der Waals surface area contributed by atoms with Gasteiger partial charge in [0.05, 0.1) is 11.7 Å². The summed E-state index contributed by atoms with van der Waals surface area (Å²) in [6.07, 6.45) is 8.00. The van der Waals surface area contributed by atoms with E-state index in [1.165, 1.54) is 23.8 Å². The molecule has 1 fully saturated rings. The van der Waals surface area contributed by atoms with Crippen molar-refractivity contribution in [1.82, 2.24) is 15.5 Å². The summed E-state index contributed by atoms with van der Waals surface area (Å²) < 4.78 is 6.35. The second-order valence-electron chi connectivity index (χ2n) is 5.89. The molecule has 1 saturated carbocycles. The average molecular weight is 287 g/mol. The van der Waals surface area contributed by atoms with Crippen molar-refractivity contribution in [1.29, 1.82) is 0 Å². The molecule has 4 nitrogen and oxygen atoms in total.